The molecule has 0 aliphatic heterocycles. The Morgan fingerprint density at radius 2 is 0.702 bits per heavy atom. The van der Waals surface area contributed by atoms with Gasteiger partial charge in [-0.25, -0.2) is 16.8 Å². The van der Waals surface area contributed by atoms with E-state index in [-0.39, 0.29) is 61.1 Å². The number of carbonyl (C=O) groups excluding carboxylic acids is 2. The van der Waals surface area contributed by atoms with Crippen LogP contribution >= 0.6 is 0 Å². The van der Waals surface area contributed by atoms with Crippen LogP contribution in [-0.2, 0) is 29.8 Å². The summed E-state index contributed by atoms with van der Waals surface area (Å²) in [6.45, 7) is 5.48. The van der Waals surface area contributed by atoms with Crippen molar-refractivity contribution in [2.24, 2.45) is 0 Å². The minimum atomic E-state index is -4.13. The zero-order valence-corrected chi connectivity index (χ0v) is 34.3. The summed E-state index contributed by atoms with van der Waals surface area (Å²) in [5, 5.41) is 0. The first-order chi connectivity index (χ1) is 21.7. The van der Waals surface area contributed by atoms with Gasteiger partial charge in [0.1, 0.15) is 0 Å². The van der Waals surface area contributed by atoms with Crippen LogP contribution in [0.2, 0.25) is 0 Å². The molecule has 2 amide bonds. The fraction of sp³-hybridized carbons (Fsp3) is 0.941. The van der Waals surface area contributed by atoms with Gasteiger partial charge in [0.25, 0.3) is 0 Å². The normalized spacial score (nSPS) is 11.4. The summed E-state index contributed by atoms with van der Waals surface area (Å²) in [5.74, 6) is -0.462. The van der Waals surface area contributed by atoms with Gasteiger partial charge in [-0.05, 0) is 38.5 Å². The fourth-order valence-electron chi connectivity index (χ4n) is 5.06. The monoisotopic (exact) mass is 736 g/mol. The molecule has 10 nitrogen and oxygen atoms in total. The van der Waals surface area contributed by atoms with Gasteiger partial charge in [0.05, 0.1) is 20.2 Å². The Bertz CT molecular complexity index is 874. The number of rotatable bonds is 30. The van der Waals surface area contributed by atoms with Gasteiger partial charge in [0.15, 0.2) is 0 Å². The predicted octanol–water partition coefficient (Wildman–Crippen LogP) is 7.00. The van der Waals surface area contributed by atoms with Crippen LogP contribution < -0.4 is 0 Å². The Kier molecular flexibility index (Phi) is 37.7. The average Bonchev–Trinajstić information content (AvgIpc) is 2.98. The van der Waals surface area contributed by atoms with Gasteiger partial charge in [0.2, 0.25) is 11.8 Å². The van der Waals surface area contributed by atoms with Gasteiger partial charge in [-0.3, -0.25) is 9.59 Å². The minimum absolute atomic E-state index is 0. The summed E-state index contributed by atoms with van der Waals surface area (Å²) in [5.41, 5.74) is 0. The van der Waals surface area contributed by atoms with Crippen LogP contribution in [0.3, 0.4) is 0 Å². The maximum absolute atomic E-state index is 11.9. The molecule has 0 spiro atoms. The SMILES string of the molecule is CCCCCCCCCCCC(=O)N(C)CCCCS(=O)(=O)[O-].CCCCCCCCCCCC(=O)N(C)CCCCS(=O)(=O)[O-].[Ca+2]. The van der Waals surface area contributed by atoms with E-state index in [1.165, 1.54) is 89.9 Å². The molecule has 0 aromatic carbocycles. The third kappa shape index (κ3) is 42.1. The number of hydrogen-bond donors (Lipinski definition) is 0. The molecule has 0 radical (unpaired) electrons. The standard InChI is InChI=1S/2C17H35NO4S.Ca/c2*1-3-4-5-6-7-8-9-10-11-14-17(19)18(2)15-12-13-16-23(20,21)22;/h2*3-16H2,1-2H3,(H,20,21,22);/q;;+2/p-2. The van der Waals surface area contributed by atoms with E-state index in [0.29, 0.717) is 51.6 Å². The van der Waals surface area contributed by atoms with E-state index in [1.54, 1.807) is 23.9 Å². The second-order valence-electron chi connectivity index (χ2n) is 12.7. The molecule has 0 unspecified atom stereocenters. The van der Waals surface area contributed by atoms with Gasteiger partial charge < -0.3 is 18.9 Å². The molecule has 0 aromatic heterocycles. The summed E-state index contributed by atoms with van der Waals surface area (Å²) in [4.78, 5) is 27.1. The van der Waals surface area contributed by atoms with Crippen LogP contribution in [0.25, 0.3) is 0 Å². The molecule has 276 valence electrons. The third-order valence-corrected chi connectivity index (χ3v) is 9.69. The molecule has 0 bridgehead atoms. The molecule has 0 rings (SSSR count). The Hall–Kier alpha value is 0.0197. The zero-order chi connectivity index (χ0) is 35.1. The number of nitrogens with zero attached hydrogens (tertiary/aromatic N) is 2. The second kappa shape index (κ2) is 34.5. The first kappa shape index (κ1) is 51.4. The fourth-order valence-corrected chi connectivity index (χ4v) is 6.18. The quantitative estimate of drug-likeness (QED) is 0.0434. The Labute approximate surface area is 319 Å². The molecule has 13 heteroatoms. The molecule has 0 aliphatic rings. The van der Waals surface area contributed by atoms with Crippen molar-refractivity contribution in [1.82, 2.24) is 9.80 Å². The van der Waals surface area contributed by atoms with E-state index in [4.69, 9.17) is 0 Å². The van der Waals surface area contributed by atoms with Gasteiger partial charge in [-0.1, -0.05) is 117 Å². The molecule has 0 N–H and O–H groups in total. The van der Waals surface area contributed by atoms with Crippen molar-refractivity contribution in [3.63, 3.8) is 0 Å². The van der Waals surface area contributed by atoms with Crippen LogP contribution in [0.5, 0.6) is 0 Å². The first-order valence-electron chi connectivity index (χ1n) is 18.1. The van der Waals surface area contributed by atoms with Crippen molar-refractivity contribution >= 4 is 69.8 Å². The van der Waals surface area contributed by atoms with Gasteiger partial charge >= 0.3 is 37.7 Å². The first-order valence-corrected chi connectivity index (χ1v) is 21.2. The van der Waals surface area contributed by atoms with Crippen LogP contribution in [0.15, 0.2) is 0 Å². The summed E-state index contributed by atoms with van der Waals surface area (Å²) in [7, 11) is -4.78. The van der Waals surface area contributed by atoms with Crippen molar-refractivity contribution in [3.8, 4) is 0 Å². The van der Waals surface area contributed by atoms with Gasteiger partial charge in [0, 0.05) is 51.5 Å². The van der Waals surface area contributed by atoms with Crippen molar-refractivity contribution < 1.29 is 35.5 Å². The molecule has 47 heavy (non-hydrogen) atoms. The molecule has 0 aromatic rings. The Balaban J connectivity index is -0.000000807. The average molecular weight is 737 g/mol. The van der Waals surface area contributed by atoms with E-state index >= 15 is 0 Å². The Morgan fingerprint density at radius 1 is 0.447 bits per heavy atom. The molecular formula is C34H68CaN2O8S2. The van der Waals surface area contributed by atoms with E-state index in [1.807, 2.05) is 0 Å². The molecule has 0 saturated carbocycles. The summed E-state index contributed by atoms with van der Waals surface area (Å²) >= 11 is 0. The van der Waals surface area contributed by atoms with Crippen LogP contribution in [0.1, 0.15) is 168 Å². The third-order valence-electron chi connectivity index (χ3n) is 8.12. The second-order valence-corrected chi connectivity index (χ2v) is 15.8. The molecule has 0 saturated heterocycles. The van der Waals surface area contributed by atoms with E-state index < -0.39 is 20.2 Å². The molecule has 0 heterocycles. The van der Waals surface area contributed by atoms with E-state index in [2.05, 4.69) is 13.8 Å². The van der Waals surface area contributed by atoms with Crippen LogP contribution in [0.4, 0.5) is 0 Å². The summed E-state index contributed by atoms with van der Waals surface area (Å²) in [6, 6.07) is 0. The summed E-state index contributed by atoms with van der Waals surface area (Å²) < 4.78 is 62.8. The smallest absolute Gasteiger partial charge is 0.748 e. The molecule has 0 fully saturated rings. The predicted molar refractivity (Wildman–Crippen MR) is 192 cm³/mol. The maximum Gasteiger partial charge on any atom is 2.00 e. The van der Waals surface area contributed by atoms with E-state index in [0.717, 1.165) is 25.7 Å². The number of carbonyl (C=O) groups is 2. The number of amides is 2. The van der Waals surface area contributed by atoms with Crippen molar-refractivity contribution in [3.05, 3.63) is 0 Å². The van der Waals surface area contributed by atoms with Crippen LogP contribution in [-0.4, -0.2) is 124 Å². The molecule has 0 aliphatic carbocycles. The number of unbranched alkanes of at least 4 members (excludes halogenated alkanes) is 18. The van der Waals surface area contributed by atoms with Crippen molar-refractivity contribution in [2.45, 2.75) is 168 Å². The maximum atomic E-state index is 11.9. The zero-order valence-electron chi connectivity index (χ0n) is 30.5. The summed E-state index contributed by atoms with van der Waals surface area (Å²) in [6.07, 6.45) is 25.0. The Morgan fingerprint density at radius 3 is 0.957 bits per heavy atom. The van der Waals surface area contributed by atoms with E-state index in [9.17, 15) is 35.5 Å². The van der Waals surface area contributed by atoms with Crippen molar-refractivity contribution in [2.75, 3.05) is 38.7 Å². The van der Waals surface area contributed by atoms with Crippen molar-refractivity contribution in [1.29, 1.82) is 0 Å². The van der Waals surface area contributed by atoms with Crippen LogP contribution in [0, 0.1) is 0 Å². The largest absolute Gasteiger partial charge is 2.00 e. The number of hydrogen-bond acceptors (Lipinski definition) is 8. The molecule has 0 atom stereocenters. The minimum Gasteiger partial charge on any atom is -0.748 e. The van der Waals surface area contributed by atoms with Gasteiger partial charge in [-0.2, -0.15) is 0 Å². The van der Waals surface area contributed by atoms with Gasteiger partial charge in [-0.15, -0.1) is 0 Å². The topological polar surface area (TPSA) is 155 Å². The molecular weight excluding hydrogens is 669 g/mol.